The van der Waals surface area contributed by atoms with Gasteiger partial charge in [-0.15, -0.1) is 0 Å². The highest BCUT2D eigenvalue weighted by molar-refractivity contribution is 7.89. The van der Waals surface area contributed by atoms with E-state index in [1.54, 1.807) is 44.2 Å². The molecule has 0 bridgehead atoms. The van der Waals surface area contributed by atoms with Crippen LogP contribution < -0.4 is 10.5 Å². The molecule has 2 rings (SSSR count). The molecule has 0 aliphatic heterocycles. The number of nitrogen functional groups attached to an aromatic ring is 1. The van der Waals surface area contributed by atoms with Crippen molar-refractivity contribution in [1.29, 1.82) is 0 Å². The zero-order valence-electron chi connectivity index (χ0n) is 11.9. The van der Waals surface area contributed by atoms with Gasteiger partial charge in [0.2, 0.25) is 10.0 Å². The van der Waals surface area contributed by atoms with Crippen molar-refractivity contribution < 1.29 is 8.42 Å². The van der Waals surface area contributed by atoms with Gasteiger partial charge < -0.3 is 5.73 Å². The van der Waals surface area contributed by atoms with E-state index in [-0.39, 0.29) is 11.4 Å². The number of benzene rings is 2. The molecule has 0 radical (unpaired) electrons. The van der Waals surface area contributed by atoms with Gasteiger partial charge in [-0.25, -0.2) is 13.1 Å². The highest BCUT2D eigenvalue weighted by Gasteiger charge is 2.19. The first-order valence-electron chi connectivity index (χ1n) is 6.40. The number of rotatable bonds is 4. The molecule has 0 aromatic heterocycles. The second-order valence-corrected chi connectivity index (χ2v) is 7.08. The number of halogens is 1. The molecule has 2 aromatic rings. The fraction of sp³-hybridized carbons (Fsp3) is 0.200. The zero-order valence-corrected chi connectivity index (χ0v) is 13.4. The lowest BCUT2D eigenvalue weighted by Crippen LogP contribution is -2.25. The summed E-state index contributed by atoms with van der Waals surface area (Å²) in [6.45, 7) is 3.65. The number of sulfonamides is 1. The Morgan fingerprint density at radius 2 is 1.76 bits per heavy atom. The van der Waals surface area contributed by atoms with Crippen LogP contribution in [0.25, 0.3) is 0 Å². The number of aryl methyl sites for hydroxylation is 2. The second kappa shape index (κ2) is 6.05. The molecule has 0 spiro atoms. The molecule has 3 N–H and O–H groups in total. The third-order valence-electron chi connectivity index (χ3n) is 3.11. The van der Waals surface area contributed by atoms with Gasteiger partial charge in [0, 0.05) is 17.3 Å². The zero-order chi connectivity index (χ0) is 15.6. The van der Waals surface area contributed by atoms with Crippen LogP contribution in [0.2, 0.25) is 5.02 Å². The van der Waals surface area contributed by atoms with E-state index in [4.69, 9.17) is 17.3 Å². The molecule has 112 valence electrons. The summed E-state index contributed by atoms with van der Waals surface area (Å²) in [5.74, 6) is 0. The highest BCUT2D eigenvalue weighted by atomic mass is 35.5. The summed E-state index contributed by atoms with van der Waals surface area (Å²) in [7, 11) is -3.60. The van der Waals surface area contributed by atoms with Gasteiger partial charge in [0.15, 0.2) is 0 Å². The SMILES string of the molecule is Cc1cc(N)cc(C)c1S(=O)(=O)NCc1cccc(Cl)c1. The lowest BCUT2D eigenvalue weighted by atomic mass is 10.1. The van der Waals surface area contributed by atoms with E-state index in [0.717, 1.165) is 5.56 Å². The van der Waals surface area contributed by atoms with Gasteiger partial charge in [-0.1, -0.05) is 23.7 Å². The second-order valence-electron chi connectivity index (χ2n) is 4.94. The largest absolute Gasteiger partial charge is 0.399 e. The number of nitrogens with one attached hydrogen (secondary N) is 1. The number of nitrogens with two attached hydrogens (primary N) is 1. The molecular formula is C15H17ClN2O2S. The molecule has 0 fully saturated rings. The van der Waals surface area contributed by atoms with Gasteiger partial charge in [0.05, 0.1) is 4.90 Å². The summed E-state index contributed by atoms with van der Waals surface area (Å²) in [6.07, 6.45) is 0. The summed E-state index contributed by atoms with van der Waals surface area (Å²) in [6, 6.07) is 10.4. The minimum atomic E-state index is -3.60. The van der Waals surface area contributed by atoms with Crippen LogP contribution in [0.3, 0.4) is 0 Å². The van der Waals surface area contributed by atoms with E-state index in [0.29, 0.717) is 21.8 Å². The molecular weight excluding hydrogens is 308 g/mol. The third kappa shape index (κ3) is 3.75. The van der Waals surface area contributed by atoms with Crippen molar-refractivity contribution in [2.24, 2.45) is 0 Å². The Morgan fingerprint density at radius 3 is 2.33 bits per heavy atom. The smallest absolute Gasteiger partial charge is 0.241 e. The first-order valence-corrected chi connectivity index (χ1v) is 8.26. The number of hydrogen-bond acceptors (Lipinski definition) is 3. The van der Waals surface area contributed by atoms with Crippen LogP contribution in [0.5, 0.6) is 0 Å². The first-order chi connectivity index (χ1) is 9.79. The van der Waals surface area contributed by atoms with Crippen LogP contribution in [0, 0.1) is 13.8 Å². The molecule has 0 aliphatic carbocycles. The molecule has 0 heterocycles. The maximum absolute atomic E-state index is 12.5. The molecule has 21 heavy (non-hydrogen) atoms. The van der Waals surface area contributed by atoms with Crippen molar-refractivity contribution in [2.45, 2.75) is 25.3 Å². The maximum Gasteiger partial charge on any atom is 0.241 e. The summed E-state index contributed by atoms with van der Waals surface area (Å²) in [5.41, 5.74) is 8.34. The Balaban J connectivity index is 2.27. The summed E-state index contributed by atoms with van der Waals surface area (Å²) in [4.78, 5) is 0.277. The quantitative estimate of drug-likeness (QED) is 0.849. The van der Waals surface area contributed by atoms with Crippen molar-refractivity contribution in [3.8, 4) is 0 Å². The average molecular weight is 325 g/mol. The van der Waals surface area contributed by atoms with Gasteiger partial charge >= 0.3 is 0 Å². The fourth-order valence-electron chi connectivity index (χ4n) is 2.31. The average Bonchev–Trinajstić information content (AvgIpc) is 2.35. The van der Waals surface area contributed by atoms with Gasteiger partial charge in [0.25, 0.3) is 0 Å². The molecule has 2 aromatic carbocycles. The summed E-state index contributed by atoms with van der Waals surface area (Å²) < 4.78 is 27.5. The third-order valence-corrected chi connectivity index (χ3v) is 5.05. The Labute approximate surface area is 130 Å². The molecule has 0 atom stereocenters. The van der Waals surface area contributed by atoms with Crippen molar-refractivity contribution in [3.63, 3.8) is 0 Å². The van der Waals surface area contributed by atoms with Crippen LogP contribution >= 0.6 is 11.6 Å². The highest BCUT2D eigenvalue weighted by Crippen LogP contribution is 2.23. The standard InChI is InChI=1S/C15H17ClN2O2S/c1-10-6-14(17)7-11(2)15(10)21(19,20)18-9-12-4-3-5-13(16)8-12/h3-8,18H,9,17H2,1-2H3. The maximum atomic E-state index is 12.5. The topological polar surface area (TPSA) is 72.2 Å². The first kappa shape index (κ1) is 15.8. The van der Waals surface area contributed by atoms with E-state index in [9.17, 15) is 8.42 Å². The van der Waals surface area contributed by atoms with Gasteiger partial charge in [-0.3, -0.25) is 0 Å². The predicted molar refractivity (Wildman–Crippen MR) is 85.8 cm³/mol. The molecule has 6 heteroatoms. The fourth-order valence-corrected chi connectivity index (χ4v) is 3.98. The Hall–Kier alpha value is -1.56. The lowest BCUT2D eigenvalue weighted by Gasteiger charge is -2.13. The lowest BCUT2D eigenvalue weighted by molar-refractivity contribution is 0.580. The predicted octanol–water partition coefficient (Wildman–Crippen LogP) is 3.02. The molecule has 0 aliphatic rings. The van der Waals surface area contributed by atoms with Crippen molar-refractivity contribution in [1.82, 2.24) is 4.72 Å². The van der Waals surface area contributed by atoms with Crippen molar-refractivity contribution in [2.75, 3.05) is 5.73 Å². The van der Waals surface area contributed by atoms with Crippen LogP contribution in [-0.4, -0.2) is 8.42 Å². The van der Waals surface area contributed by atoms with Crippen LogP contribution in [0.4, 0.5) is 5.69 Å². The number of hydrogen-bond donors (Lipinski definition) is 2. The monoisotopic (exact) mass is 324 g/mol. The van der Waals surface area contributed by atoms with E-state index in [1.807, 2.05) is 6.07 Å². The van der Waals surface area contributed by atoms with Gasteiger partial charge in [-0.05, 0) is 54.8 Å². The van der Waals surface area contributed by atoms with E-state index >= 15 is 0 Å². The molecule has 0 saturated heterocycles. The van der Waals surface area contributed by atoms with E-state index < -0.39 is 10.0 Å². The van der Waals surface area contributed by atoms with Crippen LogP contribution in [0.15, 0.2) is 41.3 Å². The minimum absolute atomic E-state index is 0.187. The molecule has 0 saturated carbocycles. The normalized spacial score (nSPS) is 11.6. The van der Waals surface area contributed by atoms with Gasteiger partial charge in [0.1, 0.15) is 0 Å². The van der Waals surface area contributed by atoms with Crippen molar-refractivity contribution in [3.05, 3.63) is 58.1 Å². The molecule has 0 unspecified atom stereocenters. The summed E-state index contributed by atoms with van der Waals surface area (Å²) in [5, 5.41) is 0.576. The van der Waals surface area contributed by atoms with Crippen molar-refractivity contribution >= 4 is 27.3 Å². The molecule has 4 nitrogen and oxygen atoms in total. The van der Waals surface area contributed by atoms with E-state index in [2.05, 4.69) is 4.72 Å². The Bertz CT molecular complexity index is 750. The summed E-state index contributed by atoms with van der Waals surface area (Å²) >= 11 is 5.89. The Kier molecular flexibility index (Phi) is 4.56. The minimum Gasteiger partial charge on any atom is -0.399 e. The molecule has 0 amide bonds. The Morgan fingerprint density at radius 1 is 1.14 bits per heavy atom. The van der Waals surface area contributed by atoms with E-state index in [1.165, 1.54) is 0 Å². The van der Waals surface area contributed by atoms with Crippen LogP contribution in [0.1, 0.15) is 16.7 Å². The van der Waals surface area contributed by atoms with Crippen LogP contribution in [-0.2, 0) is 16.6 Å². The number of anilines is 1. The van der Waals surface area contributed by atoms with Gasteiger partial charge in [-0.2, -0.15) is 0 Å².